The molecule has 1 atom stereocenters. The van der Waals surface area contributed by atoms with Crippen molar-refractivity contribution in [2.45, 2.75) is 25.9 Å². The van der Waals surface area contributed by atoms with Crippen molar-refractivity contribution in [3.8, 4) is 0 Å². The van der Waals surface area contributed by atoms with Crippen molar-refractivity contribution in [3.63, 3.8) is 0 Å². The fraction of sp³-hybridized carbons (Fsp3) is 0.571. The summed E-state index contributed by atoms with van der Waals surface area (Å²) in [7, 11) is 0. The van der Waals surface area contributed by atoms with Gasteiger partial charge >= 0.3 is 0 Å². The lowest BCUT2D eigenvalue weighted by atomic mass is 10.1. The summed E-state index contributed by atoms with van der Waals surface area (Å²) >= 11 is 2.28. The smallest absolute Gasteiger partial charge is 0.123 e. The highest BCUT2D eigenvalue weighted by Gasteiger charge is 2.10. The maximum atomic E-state index is 12.8. The topological polar surface area (TPSA) is 18.5 Å². The summed E-state index contributed by atoms with van der Waals surface area (Å²) in [5, 5.41) is 0. The number of hydrogen-bond acceptors (Lipinski definition) is 2. The van der Waals surface area contributed by atoms with Crippen molar-refractivity contribution in [2.24, 2.45) is 0 Å². The first-order valence-corrected chi connectivity index (χ1v) is 7.81. The molecule has 0 aromatic heterocycles. The summed E-state index contributed by atoms with van der Waals surface area (Å²) in [5.74, 6) is -0.214. The van der Waals surface area contributed by atoms with Crippen LogP contribution in [0.5, 0.6) is 0 Å². The average Bonchev–Trinajstić information content (AvgIpc) is 2.39. The maximum absolute atomic E-state index is 12.8. The van der Waals surface area contributed by atoms with Crippen molar-refractivity contribution >= 4 is 22.6 Å². The quantitative estimate of drug-likeness (QED) is 0.372. The first-order chi connectivity index (χ1) is 8.77. The molecule has 1 aromatic rings. The molecule has 0 amide bonds. The van der Waals surface area contributed by atoms with Gasteiger partial charge in [-0.25, -0.2) is 4.39 Å². The predicted molar refractivity (Wildman–Crippen MR) is 79.7 cm³/mol. The number of ether oxygens (including phenoxy) is 2. The van der Waals surface area contributed by atoms with Gasteiger partial charge in [0.05, 0.1) is 19.3 Å². The standard InChI is InChI=1S/C14H20FIO2/c1-2-3-8-17-9-10-18-14(11-16)12-4-6-13(15)7-5-12/h4-7,14H,2-3,8-11H2,1H3. The second-order valence-electron chi connectivity index (χ2n) is 4.03. The van der Waals surface area contributed by atoms with Crippen LogP contribution < -0.4 is 0 Å². The molecule has 0 radical (unpaired) electrons. The van der Waals surface area contributed by atoms with Gasteiger partial charge in [-0.1, -0.05) is 48.1 Å². The molecule has 18 heavy (non-hydrogen) atoms. The van der Waals surface area contributed by atoms with E-state index in [1.165, 1.54) is 12.1 Å². The van der Waals surface area contributed by atoms with Crippen LogP contribution in [0.15, 0.2) is 24.3 Å². The van der Waals surface area contributed by atoms with Crippen LogP contribution in [-0.4, -0.2) is 24.2 Å². The van der Waals surface area contributed by atoms with Gasteiger partial charge in [0.2, 0.25) is 0 Å². The van der Waals surface area contributed by atoms with Crippen molar-refractivity contribution in [1.29, 1.82) is 0 Å². The third-order valence-corrected chi connectivity index (χ3v) is 3.37. The Morgan fingerprint density at radius 1 is 1.17 bits per heavy atom. The van der Waals surface area contributed by atoms with Gasteiger partial charge in [0.15, 0.2) is 0 Å². The molecule has 0 saturated heterocycles. The van der Waals surface area contributed by atoms with E-state index in [-0.39, 0.29) is 11.9 Å². The zero-order valence-corrected chi connectivity index (χ0v) is 12.9. The lowest BCUT2D eigenvalue weighted by molar-refractivity contribution is 0.0139. The van der Waals surface area contributed by atoms with E-state index in [0.717, 1.165) is 29.4 Å². The Bertz CT molecular complexity index is 316. The van der Waals surface area contributed by atoms with Crippen molar-refractivity contribution in [3.05, 3.63) is 35.6 Å². The zero-order chi connectivity index (χ0) is 13.2. The van der Waals surface area contributed by atoms with Gasteiger partial charge in [-0.2, -0.15) is 0 Å². The zero-order valence-electron chi connectivity index (χ0n) is 10.7. The molecule has 1 rings (SSSR count). The molecule has 2 nitrogen and oxygen atoms in total. The van der Waals surface area contributed by atoms with E-state index in [1.807, 2.05) is 0 Å². The third-order valence-electron chi connectivity index (χ3n) is 2.57. The molecular formula is C14H20FIO2. The first-order valence-electron chi connectivity index (χ1n) is 6.28. The SMILES string of the molecule is CCCCOCCOC(CI)c1ccc(F)cc1. The van der Waals surface area contributed by atoms with E-state index >= 15 is 0 Å². The Morgan fingerprint density at radius 2 is 1.89 bits per heavy atom. The molecule has 0 aliphatic rings. The number of alkyl halides is 1. The van der Waals surface area contributed by atoms with Crippen LogP contribution in [0.3, 0.4) is 0 Å². The van der Waals surface area contributed by atoms with Crippen LogP contribution >= 0.6 is 22.6 Å². The van der Waals surface area contributed by atoms with Crippen LogP contribution in [0.25, 0.3) is 0 Å². The molecule has 0 heterocycles. The minimum atomic E-state index is -0.214. The largest absolute Gasteiger partial charge is 0.379 e. The molecule has 4 heteroatoms. The molecule has 1 aromatic carbocycles. The van der Waals surface area contributed by atoms with Gasteiger partial charge in [-0.05, 0) is 24.1 Å². The third kappa shape index (κ3) is 6.11. The second kappa shape index (κ2) is 9.69. The fourth-order valence-corrected chi connectivity index (χ4v) is 2.27. The minimum Gasteiger partial charge on any atom is -0.379 e. The van der Waals surface area contributed by atoms with E-state index in [4.69, 9.17) is 9.47 Å². The van der Waals surface area contributed by atoms with Gasteiger partial charge in [0.1, 0.15) is 5.82 Å². The molecular weight excluding hydrogens is 346 g/mol. The summed E-state index contributed by atoms with van der Waals surface area (Å²) in [5.41, 5.74) is 1.01. The number of unbranched alkanes of at least 4 members (excludes halogenated alkanes) is 1. The van der Waals surface area contributed by atoms with Crippen molar-refractivity contribution < 1.29 is 13.9 Å². The van der Waals surface area contributed by atoms with Gasteiger partial charge in [-0.15, -0.1) is 0 Å². The Kier molecular flexibility index (Phi) is 8.54. The van der Waals surface area contributed by atoms with Gasteiger partial charge in [0, 0.05) is 11.0 Å². The average molecular weight is 366 g/mol. The molecule has 0 aliphatic carbocycles. The van der Waals surface area contributed by atoms with Crippen molar-refractivity contribution in [2.75, 3.05) is 24.2 Å². The maximum Gasteiger partial charge on any atom is 0.123 e. The van der Waals surface area contributed by atoms with E-state index < -0.39 is 0 Å². The van der Waals surface area contributed by atoms with E-state index in [0.29, 0.717) is 13.2 Å². The molecule has 0 bridgehead atoms. The number of benzene rings is 1. The monoisotopic (exact) mass is 366 g/mol. The fourth-order valence-electron chi connectivity index (χ4n) is 1.51. The molecule has 0 saturated carbocycles. The Hall–Kier alpha value is -0.200. The first kappa shape index (κ1) is 15.9. The lowest BCUT2D eigenvalue weighted by Crippen LogP contribution is -2.11. The van der Waals surface area contributed by atoms with Crippen LogP contribution in [-0.2, 0) is 9.47 Å². The van der Waals surface area contributed by atoms with Gasteiger partial charge in [-0.3, -0.25) is 0 Å². The van der Waals surface area contributed by atoms with Crippen molar-refractivity contribution in [1.82, 2.24) is 0 Å². The highest BCUT2D eigenvalue weighted by Crippen LogP contribution is 2.20. The minimum absolute atomic E-state index is 0.0148. The number of hydrogen-bond donors (Lipinski definition) is 0. The van der Waals surface area contributed by atoms with Crippen LogP contribution in [0.1, 0.15) is 31.4 Å². The molecule has 102 valence electrons. The van der Waals surface area contributed by atoms with Gasteiger partial charge < -0.3 is 9.47 Å². The molecule has 1 unspecified atom stereocenters. The van der Waals surface area contributed by atoms with E-state index in [9.17, 15) is 4.39 Å². The lowest BCUT2D eigenvalue weighted by Gasteiger charge is -2.16. The summed E-state index contributed by atoms with van der Waals surface area (Å²) in [6, 6.07) is 6.48. The van der Waals surface area contributed by atoms with Crippen LogP contribution in [0.2, 0.25) is 0 Å². The molecule has 0 fully saturated rings. The van der Waals surface area contributed by atoms with E-state index in [1.54, 1.807) is 12.1 Å². The summed E-state index contributed by atoms with van der Waals surface area (Å²) < 4.78 is 24.8. The number of halogens is 2. The normalized spacial score (nSPS) is 12.6. The summed E-state index contributed by atoms with van der Waals surface area (Å²) in [6.07, 6.45) is 2.25. The Morgan fingerprint density at radius 3 is 2.50 bits per heavy atom. The molecule has 0 aliphatic heterocycles. The highest BCUT2D eigenvalue weighted by molar-refractivity contribution is 14.1. The second-order valence-corrected chi connectivity index (χ2v) is 4.91. The summed E-state index contributed by atoms with van der Waals surface area (Å²) in [6.45, 7) is 4.13. The Balaban J connectivity index is 2.27. The van der Waals surface area contributed by atoms with E-state index in [2.05, 4.69) is 29.5 Å². The number of rotatable bonds is 9. The highest BCUT2D eigenvalue weighted by atomic mass is 127. The van der Waals surface area contributed by atoms with Gasteiger partial charge in [0.25, 0.3) is 0 Å². The predicted octanol–water partition coefficient (Wildman–Crippen LogP) is 4.14. The molecule has 0 spiro atoms. The Labute approximate surface area is 122 Å². The van der Waals surface area contributed by atoms with Crippen LogP contribution in [0, 0.1) is 5.82 Å². The molecule has 0 N–H and O–H groups in total. The van der Waals surface area contributed by atoms with Crippen LogP contribution in [0.4, 0.5) is 4.39 Å². The summed E-state index contributed by atoms with van der Waals surface area (Å²) in [4.78, 5) is 0.